The lowest BCUT2D eigenvalue weighted by Gasteiger charge is -2.09. The van der Waals surface area contributed by atoms with Gasteiger partial charge in [0.25, 0.3) is 5.91 Å². The number of benzene rings is 2. The van der Waals surface area contributed by atoms with Gasteiger partial charge in [0.05, 0.1) is 11.6 Å². The maximum Gasteiger partial charge on any atom is 0.256 e. The van der Waals surface area contributed by atoms with Crippen LogP contribution in [0.25, 0.3) is 0 Å². The van der Waals surface area contributed by atoms with E-state index < -0.39 is 0 Å². The van der Waals surface area contributed by atoms with Crippen molar-refractivity contribution in [3.8, 4) is 6.07 Å². The van der Waals surface area contributed by atoms with Crippen LogP contribution in [0.1, 0.15) is 22.3 Å². The van der Waals surface area contributed by atoms with Crippen molar-refractivity contribution in [1.82, 2.24) is 5.32 Å². The van der Waals surface area contributed by atoms with Crippen LogP contribution in [0.5, 0.6) is 0 Å². The average molecular weight is 419 g/mol. The van der Waals surface area contributed by atoms with E-state index in [0.717, 1.165) is 9.13 Å². The zero-order valence-electron chi connectivity index (χ0n) is 12.2. The third kappa shape index (κ3) is 5.07. The number of nitrogens with one attached hydrogen (secondary N) is 2. The summed E-state index contributed by atoms with van der Waals surface area (Å²) in [5.41, 5.74) is 2.11. The SMILES string of the molecule is N#CCC(=O)NCc1cccc(NC(=O)c2ccccc2I)c1. The molecule has 0 heterocycles. The minimum atomic E-state index is -0.319. The summed E-state index contributed by atoms with van der Waals surface area (Å²) in [5, 5.41) is 13.9. The fourth-order valence-corrected chi connectivity index (χ4v) is 2.57. The van der Waals surface area contributed by atoms with Crippen molar-refractivity contribution >= 4 is 40.1 Å². The maximum atomic E-state index is 12.3. The van der Waals surface area contributed by atoms with E-state index in [0.29, 0.717) is 17.8 Å². The Morgan fingerprint density at radius 2 is 1.91 bits per heavy atom. The average Bonchev–Trinajstić information content (AvgIpc) is 2.54. The molecule has 0 radical (unpaired) electrons. The highest BCUT2D eigenvalue weighted by Gasteiger charge is 2.09. The zero-order valence-corrected chi connectivity index (χ0v) is 14.3. The minimum absolute atomic E-state index is 0.164. The Bertz CT molecular complexity index is 768. The largest absolute Gasteiger partial charge is 0.351 e. The van der Waals surface area contributed by atoms with Crippen LogP contribution in [0.3, 0.4) is 0 Å². The summed E-state index contributed by atoms with van der Waals surface area (Å²) in [6, 6.07) is 16.4. The molecule has 116 valence electrons. The van der Waals surface area contributed by atoms with Gasteiger partial charge in [0.2, 0.25) is 5.91 Å². The molecule has 0 atom stereocenters. The Morgan fingerprint density at radius 3 is 2.65 bits per heavy atom. The number of amides is 2. The molecule has 2 N–H and O–H groups in total. The van der Waals surface area contributed by atoms with Crippen molar-refractivity contribution < 1.29 is 9.59 Å². The monoisotopic (exact) mass is 419 g/mol. The standard InChI is InChI=1S/C17H14IN3O2/c18-15-7-2-1-6-14(15)17(23)21-13-5-3-4-12(10-13)11-20-16(22)8-9-19/h1-7,10H,8,11H2,(H,20,22)(H,21,23). The first-order valence-electron chi connectivity index (χ1n) is 6.88. The lowest BCUT2D eigenvalue weighted by Crippen LogP contribution is -2.22. The van der Waals surface area contributed by atoms with E-state index in [1.165, 1.54) is 0 Å². The summed E-state index contributed by atoms with van der Waals surface area (Å²) in [6.45, 7) is 0.313. The number of hydrogen-bond donors (Lipinski definition) is 2. The van der Waals surface area contributed by atoms with E-state index in [-0.39, 0.29) is 18.2 Å². The summed E-state index contributed by atoms with van der Waals surface area (Å²) in [7, 11) is 0. The quantitative estimate of drug-likeness (QED) is 0.731. The zero-order chi connectivity index (χ0) is 16.7. The van der Waals surface area contributed by atoms with Gasteiger partial charge in [-0.25, -0.2) is 0 Å². The van der Waals surface area contributed by atoms with Crippen LogP contribution in [0.15, 0.2) is 48.5 Å². The highest BCUT2D eigenvalue weighted by molar-refractivity contribution is 14.1. The van der Waals surface area contributed by atoms with Crippen molar-refractivity contribution in [2.24, 2.45) is 0 Å². The molecule has 0 aliphatic rings. The molecule has 0 saturated carbocycles. The second-order valence-electron chi connectivity index (χ2n) is 4.75. The molecule has 2 amide bonds. The minimum Gasteiger partial charge on any atom is -0.351 e. The molecule has 2 rings (SSSR count). The Balaban J connectivity index is 2.03. The maximum absolute atomic E-state index is 12.3. The van der Waals surface area contributed by atoms with E-state index in [1.807, 2.05) is 24.3 Å². The van der Waals surface area contributed by atoms with Gasteiger partial charge in [-0.05, 0) is 52.4 Å². The van der Waals surface area contributed by atoms with E-state index in [2.05, 4.69) is 33.2 Å². The highest BCUT2D eigenvalue weighted by Crippen LogP contribution is 2.16. The normalized spacial score (nSPS) is 9.74. The molecular weight excluding hydrogens is 405 g/mol. The summed E-state index contributed by atoms with van der Waals surface area (Å²) in [5.74, 6) is -0.499. The van der Waals surface area contributed by atoms with Crippen LogP contribution in [0, 0.1) is 14.9 Å². The Hall–Kier alpha value is -2.40. The summed E-state index contributed by atoms with van der Waals surface area (Å²) < 4.78 is 0.877. The van der Waals surface area contributed by atoms with Gasteiger partial charge in [0, 0.05) is 15.8 Å². The fourth-order valence-electron chi connectivity index (χ4n) is 1.94. The molecule has 0 aliphatic carbocycles. The molecule has 0 aliphatic heterocycles. The number of hydrogen-bond acceptors (Lipinski definition) is 3. The first kappa shape index (κ1) is 17.0. The number of rotatable bonds is 5. The first-order valence-corrected chi connectivity index (χ1v) is 7.96. The van der Waals surface area contributed by atoms with Crippen LogP contribution in [0.2, 0.25) is 0 Å². The number of halogens is 1. The molecule has 2 aromatic carbocycles. The van der Waals surface area contributed by atoms with Crippen LogP contribution in [-0.4, -0.2) is 11.8 Å². The van der Waals surface area contributed by atoms with Crippen molar-refractivity contribution in [2.45, 2.75) is 13.0 Å². The van der Waals surface area contributed by atoms with Gasteiger partial charge in [0.1, 0.15) is 6.42 Å². The van der Waals surface area contributed by atoms with Gasteiger partial charge in [-0.2, -0.15) is 5.26 Å². The molecular formula is C17H14IN3O2. The number of anilines is 1. The number of nitriles is 1. The second kappa shape index (κ2) is 8.29. The van der Waals surface area contributed by atoms with Crippen molar-refractivity contribution in [3.05, 3.63) is 63.2 Å². The van der Waals surface area contributed by atoms with Gasteiger partial charge < -0.3 is 10.6 Å². The molecule has 0 spiro atoms. The van der Waals surface area contributed by atoms with Crippen molar-refractivity contribution in [1.29, 1.82) is 5.26 Å². The Morgan fingerprint density at radius 1 is 1.13 bits per heavy atom. The number of carbonyl (C=O) groups is 2. The molecule has 0 bridgehead atoms. The number of nitrogens with zero attached hydrogens (tertiary/aromatic N) is 1. The molecule has 2 aromatic rings. The Labute approximate surface area is 147 Å². The van der Waals surface area contributed by atoms with Crippen LogP contribution >= 0.6 is 22.6 Å². The number of carbonyl (C=O) groups excluding carboxylic acids is 2. The summed E-state index contributed by atoms with van der Waals surface area (Å²) >= 11 is 2.12. The Kier molecular flexibility index (Phi) is 6.11. The van der Waals surface area contributed by atoms with E-state index >= 15 is 0 Å². The molecule has 0 unspecified atom stereocenters. The lowest BCUT2D eigenvalue weighted by atomic mass is 10.1. The van der Waals surface area contributed by atoms with Crippen molar-refractivity contribution in [3.63, 3.8) is 0 Å². The smallest absolute Gasteiger partial charge is 0.256 e. The predicted molar refractivity (Wildman–Crippen MR) is 95.6 cm³/mol. The highest BCUT2D eigenvalue weighted by atomic mass is 127. The second-order valence-corrected chi connectivity index (χ2v) is 5.91. The topological polar surface area (TPSA) is 82.0 Å². The third-order valence-electron chi connectivity index (χ3n) is 3.03. The van der Waals surface area contributed by atoms with Crippen LogP contribution in [-0.2, 0) is 11.3 Å². The van der Waals surface area contributed by atoms with Gasteiger partial charge >= 0.3 is 0 Å². The lowest BCUT2D eigenvalue weighted by molar-refractivity contribution is -0.120. The third-order valence-corrected chi connectivity index (χ3v) is 3.97. The molecule has 0 saturated heterocycles. The molecule has 23 heavy (non-hydrogen) atoms. The van der Waals surface area contributed by atoms with E-state index in [1.54, 1.807) is 30.3 Å². The summed E-state index contributed by atoms with van der Waals surface area (Å²) in [6.07, 6.45) is -0.164. The van der Waals surface area contributed by atoms with Crippen LogP contribution < -0.4 is 10.6 Å². The molecule has 0 fully saturated rings. The van der Waals surface area contributed by atoms with E-state index in [4.69, 9.17) is 5.26 Å². The molecule has 5 nitrogen and oxygen atoms in total. The van der Waals surface area contributed by atoms with Gasteiger partial charge in [-0.1, -0.05) is 24.3 Å². The first-order chi connectivity index (χ1) is 11.1. The predicted octanol–water partition coefficient (Wildman–Crippen LogP) is 3.07. The van der Waals surface area contributed by atoms with Crippen LogP contribution in [0.4, 0.5) is 5.69 Å². The van der Waals surface area contributed by atoms with Crippen molar-refractivity contribution in [2.75, 3.05) is 5.32 Å². The van der Waals surface area contributed by atoms with Gasteiger partial charge in [-0.3, -0.25) is 9.59 Å². The van der Waals surface area contributed by atoms with E-state index in [9.17, 15) is 9.59 Å². The summed E-state index contributed by atoms with van der Waals surface area (Å²) in [4.78, 5) is 23.6. The molecule has 6 heteroatoms. The fraction of sp³-hybridized carbons (Fsp3) is 0.118. The molecule has 0 aromatic heterocycles. The van der Waals surface area contributed by atoms with Gasteiger partial charge in [0.15, 0.2) is 0 Å². The van der Waals surface area contributed by atoms with Gasteiger partial charge in [-0.15, -0.1) is 0 Å².